The summed E-state index contributed by atoms with van der Waals surface area (Å²) in [5, 5.41) is 3.38. The van der Waals surface area contributed by atoms with E-state index in [0.717, 1.165) is 23.8 Å². The van der Waals surface area contributed by atoms with Crippen LogP contribution in [0, 0.1) is 0 Å². The summed E-state index contributed by atoms with van der Waals surface area (Å²) in [7, 11) is 0. The molecule has 0 saturated heterocycles. The Hall–Kier alpha value is -2.11. The van der Waals surface area contributed by atoms with Crippen molar-refractivity contribution in [1.82, 2.24) is 14.6 Å². The van der Waals surface area contributed by atoms with Gasteiger partial charge < -0.3 is 11.2 Å². The topological polar surface area (TPSA) is 85.8 Å². The quantitative estimate of drug-likeness (QED) is 0.584. The van der Waals surface area contributed by atoms with Gasteiger partial charge in [0.25, 0.3) is 0 Å². The number of anilines is 1. The number of aromatic nitrogens is 3. The maximum atomic E-state index is 10.5. The standard InChI is InChI=1S/C10H13N5O/c1-2-3-7-4-15(11)10-8(7)9(14-6-16)12-5-13-10/h4-6H,2-3,11H2,1H3,(H,12,13,14,16). The molecular formula is C10H13N5O. The van der Waals surface area contributed by atoms with Crippen molar-refractivity contribution in [2.45, 2.75) is 19.8 Å². The van der Waals surface area contributed by atoms with Gasteiger partial charge in [-0.3, -0.25) is 9.47 Å². The summed E-state index contributed by atoms with van der Waals surface area (Å²) >= 11 is 0. The lowest BCUT2D eigenvalue weighted by Crippen LogP contribution is -2.07. The van der Waals surface area contributed by atoms with Gasteiger partial charge >= 0.3 is 0 Å². The van der Waals surface area contributed by atoms with Gasteiger partial charge in [-0.05, 0) is 12.0 Å². The fourth-order valence-corrected chi connectivity index (χ4v) is 1.79. The van der Waals surface area contributed by atoms with E-state index in [1.165, 1.54) is 11.0 Å². The van der Waals surface area contributed by atoms with Crippen LogP contribution in [0.3, 0.4) is 0 Å². The molecule has 3 N–H and O–H groups in total. The van der Waals surface area contributed by atoms with Gasteiger partial charge in [0.2, 0.25) is 6.41 Å². The van der Waals surface area contributed by atoms with Gasteiger partial charge in [0.15, 0.2) is 5.65 Å². The van der Waals surface area contributed by atoms with Crippen LogP contribution < -0.4 is 11.2 Å². The Bertz CT molecular complexity index is 519. The van der Waals surface area contributed by atoms with Gasteiger partial charge in [-0.2, -0.15) is 0 Å². The lowest BCUT2D eigenvalue weighted by Gasteiger charge is -2.01. The third-order valence-electron chi connectivity index (χ3n) is 2.40. The molecule has 0 atom stereocenters. The Kier molecular flexibility index (Phi) is 2.72. The largest absolute Gasteiger partial charge is 0.338 e. The van der Waals surface area contributed by atoms with Gasteiger partial charge in [0, 0.05) is 6.20 Å². The van der Waals surface area contributed by atoms with E-state index in [1.54, 1.807) is 0 Å². The second kappa shape index (κ2) is 4.18. The number of nitrogens with zero attached hydrogens (tertiary/aromatic N) is 3. The highest BCUT2D eigenvalue weighted by Crippen LogP contribution is 2.24. The number of amides is 1. The molecule has 0 aliphatic rings. The normalized spacial score (nSPS) is 10.6. The highest BCUT2D eigenvalue weighted by atomic mass is 16.1. The maximum absolute atomic E-state index is 10.5. The van der Waals surface area contributed by atoms with Crippen LogP contribution in [-0.4, -0.2) is 21.1 Å². The number of hydrogen-bond acceptors (Lipinski definition) is 4. The molecule has 0 fully saturated rings. The third kappa shape index (κ3) is 1.58. The van der Waals surface area contributed by atoms with Gasteiger partial charge in [-0.25, -0.2) is 9.97 Å². The molecule has 2 heterocycles. The Balaban J connectivity index is 2.66. The Morgan fingerprint density at radius 2 is 2.38 bits per heavy atom. The van der Waals surface area contributed by atoms with E-state index in [1.807, 2.05) is 6.20 Å². The number of carbonyl (C=O) groups is 1. The van der Waals surface area contributed by atoms with Crippen LogP contribution in [0.4, 0.5) is 5.82 Å². The predicted molar refractivity (Wildman–Crippen MR) is 61.4 cm³/mol. The molecular weight excluding hydrogens is 206 g/mol. The van der Waals surface area contributed by atoms with E-state index in [2.05, 4.69) is 22.2 Å². The first kappa shape index (κ1) is 10.4. The first-order chi connectivity index (χ1) is 7.77. The predicted octanol–water partition coefficient (Wildman–Crippen LogP) is 0.666. The highest BCUT2D eigenvalue weighted by molar-refractivity contribution is 5.94. The number of hydrogen-bond donors (Lipinski definition) is 2. The smallest absolute Gasteiger partial charge is 0.212 e. The average Bonchev–Trinajstić information content (AvgIpc) is 2.58. The van der Waals surface area contributed by atoms with Crippen molar-refractivity contribution in [3.05, 3.63) is 18.1 Å². The molecule has 0 aliphatic carbocycles. The van der Waals surface area contributed by atoms with E-state index in [0.29, 0.717) is 17.9 Å². The first-order valence-electron chi connectivity index (χ1n) is 5.08. The van der Waals surface area contributed by atoms with Crippen LogP contribution in [0.5, 0.6) is 0 Å². The van der Waals surface area contributed by atoms with Crippen LogP contribution in [0.2, 0.25) is 0 Å². The number of rotatable bonds is 4. The molecule has 16 heavy (non-hydrogen) atoms. The van der Waals surface area contributed by atoms with Crippen molar-refractivity contribution in [2.75, 3.05) is 11.2 Å². The third-order valence-corrected chi connectivity index (χ3v) is 2.40. The van der Waals surface area contributed by atoms with Crippen LogP contribution in [0.25, 0.3) is 11.0 Å². The zero-order valence-electron chi connectivity index (χ0n) is 8.97. The summed E-state index contributed by atoms with van der Waals surface area (Å²) in [6, 6.07) is 0. The summed E-state index contributed by atoms with van der Waals surface area (Å²) in [4.78, 5) is 18.6. The van der Waals surface area contributed by atoms with Crippen molar-refractivity contribution in [1.29, 1.82) is 0 Å². The average molecular weight is 219 g/mol. The molecule has 0 radical (unpaired) electrons. The van der Waals surface area contributed by atoms with Crippen LogP contribution >= 0.6 is 0 Å². The molecule has 0 unspecified atom stereocenters. The van der Waals surface area contributed by atoms with Crippen molar-refractivity contribution >= 4 is 23.3 Å². The zero-order valence-corrected chi connectivity index (χ0v) is 8.97. The number of carbonyl (C=O) groups excluding carboxylic acids is 1. The minimum Gasteiger partial charge on any atom is -0.338 e. The van der Waals surface area contributed by atoms with Crippen LogP contribution in [0.15, 0.2) is 12.5 Å². The highest BCUT2D eigenvalue weighted by Gasteiger charge is 2.12. The van der Waals surface area contributed by atoms with Crippen molar-refractivity contribution in [2.24, 2.45) is 0 Å². The lowest BCUT2D eigenvalue weighted by atomic mass is 10.1. The van der Waals surface area contributed by atoms with E-state index in [9.17, 15) is 4.79 Å². The van der Waals surface area contributed by atoms with E-state index in [4.69, 9.17) is 5.84 Å². The minimum absolute atomic E-state index is 0.507. The Morgan fingerprint density at radius 1 is 1.56 bits per heavy atom. The molecule has 2 aromatic heterocycles. The van der Waals surface area contributed by atoms with Gasteiger partial charge in [0.1, 0.15) is 12.1 Å². The number of aryl methyl sites for hydroxylation is 1. The van der Waals surface area contributed by atoms with Crippen molar-refractivity contribution < 1.29 is 4.79 Å². The second-order valence-corrected chi connectivity index (χ2v) is 3.49. The second-order valence-electron chi connectivity index (χ2n) is 3.49. The molecule has 1 amide bonds. The first-order valence-corrected chi connectivity index (χ1v) is 5.08. The zero-order chi connectivity index (χ0) is 11.5. The molecule has 6 nitrogen and oxygen atoms in total. The Morgan fingerprint density at radius 3 is 3.06 bits per heavy atom. The van der Waals surface area contributed by atoms with Crippen LogP contribution in [0.1, 0.15) is 18.9 Å². The minimum atomic E-state index is 0.507. The molecule has 0 saturated carbocycles. The number of fused-ring (bicyclic) bond motifs is 1. The van der Waals surface area contributed by atoms with E-state index >= 15 is 0 Å². The van der Waals surface area contributed by atoms with Gasteiger partial charge in [-0.15, -0.1) is 0 Å². The van der Waals surface area contributed by atoms with Crippen LogP contribution in [-0.2, 0) is 11.2 Å². The SMILES string of the molecule is CCCc1cn(N)c2ncnc(NC=O)c12. The van der Waals surface area contributed by atoms with Gasteiger partial charge in [0.05, 0.1) is 5.39 Å². The summed E-state index contributed by atoms with van der Waals surface area (Å²) in [5.41, 5.74) is 1.67. The molecule has 0 spiro atoms. The number of nitrogens with two attached hydrogens (primary N) is 1. The van der Waals surface area contributed by atoms with Crippen molar-refractivity contribution in [3.8, 4) is 0 Å². The molecule has 0 aromatic carbocycles. The summed E-state index contributed by atoms with van der Waals surface area (Å²) in [6.07, 6.45) is 5.67. The molecule has 0 aliphatic heterocycles. The molecule has 6 heteroatoms. The molecule has 0 bridgehead atoms. The Labute approximate surface area is 92.5 Å². The molecule has 2 rings (SSSR count). The maximum Gasteiger partial charge on any atom is 0.212 e. The number of nitrogens with one attached hydrogen (secondary N) is 1. The monoisotopic (exact) mass is 219 g/mol. The lowest BCUT2D eigenvalue weighted by molar-refractivity contribution is -0.105. The van der Waals surface area contributed by atoms with Crippen molar-refractivity contribution in [3.63, 3.8) is 0 Å². The number of nitrogen functional groups attached to an aromatic ring is 1. The summed E-state index contributed by atoms with van der Waals surface area (Å²) < 4.78 is 1.46. The fourth-order valence-electron chi connectivity index (χ4n) is 1.79. The van der Waals surface area contributed by atoms with E-state index in [-0.39, 0.29) is 0 Å². The van der Waals surface area contributed by atoms with E-state index < -0.39 is 0 Å². The summed E-state index contributed by atoms with van der Waals surface area (Å²) in [5.74, 6) is 6.29. The molecule has 84 valence electrons. The summed E-state index contributed by atoms with van der Waals surface area (Å²) in [6.45, 7) is 2.08. The fraction of sp³-hybridized carbons (Fsp3) is 0.300. The van der Waals surface area contributed by atoms with Gasteiger partial charge in [-0.1, -0.05) is 13.3 Å². The molecule has 2 aromatic rings.